The number of aliphatic imine (C=N–C) groups is 1. The van der Waals surface area contributed by atoms with Crippen molar-refractivity contribution in [3.05, 3.63) is 30.3 Å². The standard InChI is InChI=1S/C21H32N4.HI/c1-22-20(25-14-12-21(17-25)10-5-6-11-21)23-15-18-9-13-24(16-18)19-7-3-2-4-8-19;/h2-4,7-8,18H,5-6,9-17H2,1H3,(H,22,23);1H. The maximum Gasteiger partial charge on any atom is 0.193 e. The number of halogens is 1. The number of hydrogen-bond acceptors (Lipinski definition) is 2. The van der Waals surface area contributed by atoms with Crippen LogP contribution >= 0.6 is 24.0 Å². The molecule has 144 valence electrons. The van der Waals surface area contributed by atoms with Gasteiger partial charge in [-0.05, 0) is 49.1 Å². The number of rotatable bonds is 3. The number of nitrogens with zero attached hydrogens (tertiary/aromatic N) is 3. The Morgan fingerprint density at radius 1 is 1.15 bits per heavy atom. The Morgan fingerprint density at radius 2 is 1.92 bits per heavy atom. The van der Waals surface area contributed by atoms with Crippen LogP contribution in [-0.4, -0.2) is 50.6 Å². The highest BCUT2D eigenvalue weighted by Crippen LogP contribution is 2.45. The summed E-state index contributed by atoms with van der Waals surface area (Å²) in [5, 5.41) is 3.68. The highest BCUT2D eigenvalue weighted by molar-refractivity contribution is 14.0. The second-order valence-corrected chi connectivity index (χ2v) is 8.24. The third-order valence-electron chi connectivity index (χ3n) is 6.57. The van der Waals surface area contributed by atoms with Crippen LogP contribution in [0, 0.1) is 11.3 Å². The summed E-state index contributed by atoms with van der Waals surface area (Å²) < 4.78 is 0. The summed E-state index contributed by atoms with van der Waals surface area (Å²) in [6.07, 6.45) is 8.33. The molecule has 1 aliphatic carbocycles. The van der Waals surface area contributed by atoms with Crippen LogP contribution in [0.1, 0.15) is 38.5 Å². The predicted molar refractivity (Wildman–Crippen MR) is 121 cm³/mol. The third kappa shape index (κ3) is 4.29. The van der Waals surface area contributed by atoms with E-state index in [2.05, 4.69) is 50.4 Å². The molecule has 26 heavy (non-hydrogen) atoms. The number of benzene rings is 1. The van der Waals surface area contributed by atoms with Gasteiger partial charge in [0.05, 0.1) is 0 Å². The fourth-order valence-electron chi connectivity index (χ4n) is 5.09. The molecule has 2 saturated heterocycles. The molecule has 1 atom stereocenters. The number of guanidine groups is 1. The Kier molecular flexibility index (Phi) is 6.70. The minimum absolute atomic E-state index is 0. The second kappa shape index (κ2) is 8.81. The highest BCUT2D eigenvalue weighted by Gasteiger charge is 2.41. The van der Waals surface area contributed by atoms with Gasteiger partial charge in [-0.25, -0.2) is 0 Å². The van der Waals surface area contributed by atoms with Crippen molar-refractivity contribution in [2.24, 2.45) is 16.3 Å². The molecule has 5 heteroatoms. The highest BCUT2D eigenvalue weighted by atomic mass is 127. The number of likely N-dealkylation sites (tertiary alicyclic amines) is 1. The zero-order valence-corrected chi connectivity index (χ0v) is 18.3. The smallest absolute Gasteiger partial charge is 0.193 e. The van der Waals surface area contributed by atoms with Gasteiger partial charge in [0.15, 0.2) is 5.96 Å². The second-order valence-electron chi connectivity index (χ2n) is 8.24. The van der Waals surface area contributed by atoms with E-state index < -0.39 is 0 Å². The third-order valence-corrected chi connectivity index (χ3v) is 6.57. The molecule has 0 radical (unpaired) electrons. The lowest BCUT2D eigenvalue weighted by Gasteiger charge is -2.26. The summed E-state index contributed by atoms with van der Waals surface area (Å²) in [7, 11) is 1.94. The van der Waals surface area contributed by atoms with Gasteiger partial charge in [0.1, 0.15) is 0 Å². The molecule has 1 aromatic carbocycles. The topological polar surface area (TPSA) is 30.9 Å². The number of anilines is 1. The molecule has 1 unspecified atom stereocenters. The average Bonchev–Trinajstić information content (AvgIpc) is 3.39. The van der Waals surface area contributed by atoms with Gasteiger partial charge in [-0.2, -0.15) is 0 Å². The predicted octanol–water partition coefficient (Wildman–Crippen LogP) is 3.97. The lowest BCUT2D eigenvalue weighted by molar-refractivity contribution is 0.309. The van der Waals surface area contributed by atoms with Crippen molar-refractivity contribution in [3.63, 3.8) is 0 Å². The maximum absolute atomic E-state index is 4.58. The molecular weight excluding hydrogens is 435 g/mol. The number of hydrogen-bond donors (Lipinski definition) is 1. The van der Waals surface area contributed by atoms with Gasteiger partial charge in [0.25, 0.3) is 0 Å². The van der Waals surface area contributed by atoms with Crippen LogP contribution in [0.15, 0.2) is 35.3 Å². The average molecular weight is 468 g/mol. The van der Waals surface area contributed by atoms with E-state index in [1.54, 1.807) is 0 Å². The van der Waals surface area contributed by atoms with Gasteiger partial charge in [0, 0.05) is 45.5 Å². The summed E-state index contributed by atoms with van der Waals surface area (Å²) in [5.74, 6) is 1.84. The summed E-state index contributed by atoms with van der Waals surface area (Å²) in [6, 6.07) is 10.8. The quantitative estimate of drug-likeness (QED) is 0.414. The van der Waals surface area contributed by atoms with Crippen LogP contribution in [0.5, 0.6) is 0 Å². The van der Waals surface area contributed by atoms with E-state index in [-0.39, 0.29) is 24.0 Å². The lowest BCUT2D eigenvalue weighted by atomic mass is 9.86. The fraction of sp³-hybridized carbons (Fsp3) is 0.667. The van der Waals surface area contributed by atoms with E-state index in [9.17, 15) is 0 Å². The molecule has 4 rings (SSSR count). The molecule has 1 aromatic rings. The Labute approximate surface area is 175 Å². The molecule has 3 fully saturated rings. The summed E-state index contributed by atoms with van der Waals surface area (Å²) in [5.41, 5.74) is 1.96. The largest absolute Gasteiger partial charge is 0.371 e. The molecule has 0 aromatic heterocycles. The van der Waals surface area contributed by atoms with Crippen molar-refractivity contribution in [1.29, 1.82) is 0 Å². The van der Waals surface area contributed by atoms with E-state index in [4.69, 9.17) is 0 Å². The Bertz CT molecular complexity index is 597. The molecule has 0 amide bonds. The van der Waals surface area contributed by atoms with Crippen LogP contribution in [-0.2, 0) is 0 Å². The minimum Gasteiger partial charge on any atom is -0.371 e. The zero-order chi connectivity index (χ0) is 17.1. The molecule has 2 heterocycles. The maximum atomic E-state index is 4.58. The first kappa shape index (κ1) is 19.8. The Morgan fingerprint density at radius 3 is 2.65 bits per heavy atom. The first-order valence-electron chi connectivity index (χ1n) is 10.0. The van der Waals surface area contributed by atoms with E-state index in [0.29, 0.717) is 11.3 Å². The molecule has 2 aliphatic heterocycles. The fourth-order valence-corrected chi connectivity index (χ4v) is 5.09. The molecular formula is C21H33IN4. The Hall–Kier alpha value is -0.980. The Balaban J connectivity index is 0.00000196. The van der Waals surface area contributed by atoms with Crippen LogP contribution in [0.3, 0.4) is 0 Å². The molecule has 1 saturated carbocycles. The molecule has 1 spiro atoms. The monoisotopic (exact) mass is 468 g/mol. The van der Waals surface area contributed by atoms with Crippen molar-refractivity contribution in [1.82, 2.24) is 10.2 Å². The molecule has 0 bridgehead atoms. The number of para-hydroxylation sites is 1. The molecule has 3 aliphatic rings. The van der Waals surface area contributed by atoms with Crippen LogP contribution in [0.2, 0.25) is 0 Å². The number of nitrogens with one attached hydrogen (secondary N) is 1. The first-order chi connectivity index (χ1) is 12.3. The zero-order valence-electron chi connectivity index (χ0n) is 16.0. The first-order valence-corrected chi connectivity index (χ1v) is 10.0. The van der Waals surface area contributed by atoms with Crippen molar-refractivity contribution in [2.45, 2.75) is 38.5 Å². The van der Waals surface area contributed by atoms with Crippen LogP contribution < -0.4 is 10.2 Å². The summed E-state index contributed by atoms with van der Waals surface area (Å²) in [4.78, 5) is 9.60. The molecule has 1 N–H and O–H groups in total. The summed E-state index contributed by atoms with van der Waals surface area (Å²) >= 11 is 0. The van der Waals surface area contributed by atoms with Crippen molar-refractivity contribution in [2.75, 3.05) is 44.7 Å². The van der Waals surface area contributed by atoms with E-state index in [0.717, 1.165) is 19.0 Å². The van der Waals surface area contributed by atoms with Gasteiger partial charge in [-0.1, -0.05) is 31.0 Å². The van der Waals surface area contributed by atoms with Crippen molar-refractivity contribution >= 4 is 35.6 Å². The van der Waals surface area contributed by atoms with E-state index in [1.807, 2.05) is 7.05 Å². The van der Waals surface area contributed by atoms with Crippen LogP contribution in [0.25, 0.3) is 0 Å². The van der Waals surface area contributed by atoms with E-state index in [1.165, 1.54) is 63.8 Å². The SMILES string of the molecule is CN=C(NCC1CCN(c2ccccc2)C1)N1CCC2(CCCC2)C1.I. The molecule has 4 nitrogen and oxygen atoms in total. The van der Waals surface area contributed by atoms with Crippen molar-refractivity contribution < 1.29 is 0 Å². The van der Waals surface area contributed by atoms with Gasteiger partial charge >= 0.3 is 0 Å². The van der Waals surface area contributed by atoms with Crippen LogP contribution in [0.4, 0.5) is 5.69 Å². The minimum atomic E-state index is 0. The normalized spacial score (nSPS) is 25.0. The van der Waals surface area contributed by atoms with Gasteiger partial charge in [-0.3, -0.25) is 4.99 Å². The summed E-state index contributed by atoms with van der Waals surface area (Å²) in [6.45, 7) is 5.76. The van der Waals surface area contributed by atoms with Gasteiger partial charge < -0.3 is 15.1 Å². The van der Waals surface area contributed by atoms with Gasteiger partial charge in [0.2, 0.25) is 0 Å². The van der Waals surface area contributed by atoms with E-state index >= 15 is 0 Å². The van der Waals surface area contributed by atoms with Gasteiger partial charge in [-0.15, -0.1) is 24.0 Å². The van der Waals surface area contributed by atoms with Crippen molar-refractivity contribution in [3.8, 4) is 0 Å². The lowest BCUT2D eigenvalue weighted by Crippen LogP contribution is -2.43.